The lowest BCUT2D eigenvalue weighted by atomic mass is 10.3. The molecule has 1 saturated heterocycles. The number of amides is 1. The molecule has 0 atom stereocenters. The summed E-state index contributed by atoms with van der Waals surface area (Å²) in [5, 5.41) is 0. The van der Waals surface area contributed by atoms with Crippen molar-refractivity contribution in [1.29, 1.82) is 0 Å². The van der Waals surface area contributed by atoms with Crippen molar-refractivity contribution in [2.75, 3.05) is 32.7 Å². The van der Waals surface area contributed by atoms with Gasteiger partial charge in [0, 0.05) is 26.2 Å². The Balaban J connectivity index is 2.43. The number of likely N-dealkylation sites (N-methyl/N-ethyl adjacent to an activating group) is 1. The summed E-state index contributed by atoms with van der Waals surface area (Å²) >= 11 is 0. The minimum Gasteiger partial charge on any atom is -0.306 e. The van der Waals surface area contributed by atoms with Crippen LogP contribution in [-0.4, -0.2) is 61.6 Å². The minimum absolute atomic E-state index is 0.405. The van der Waals surface area contributed by atoms with Gasteiger partial charge in [0.2, 0.25) is 0 Å². The molecule has 0 spiro atoms. The molecule has 0 aromatic carbocycles. The summed E-state index contributed by atoms with van der Waals surface area (Å²) in [6.07, 6.45) is -1.02. The number of hydrogen-bond donors (Lipinski definition) is 1. The largest absolute Gasteiger partial charge is 0.450 e. The molecular formula is C7H14N2O5S. The highest BCUT2D eigenvalue weighted by Gasteiger charge is 2.24. The van der Waals surface area contributed by atoms with Gasteiger partial charge in [-0.3, -0.25) is 4.55 Å². The number of hydrogen-bond acceptors (Lipinski definition) is 5. The van der Waals surface area contributed by atoms with Crippen molar-refractivity contribution in [3.05, 3.63) is 0 Å². The molecule has 1 rings (SSSR count). The van der Waals surface area contributed by atoms with Crippen LogP contribution >= 0.6 is 0 Å². The van der Waals surface area contributed by atoms with E-state index in [4.69, 9.17) is 4.55 Å². The Morgan fingerprint density at radius 3 is 2.27 bits per heavy atom. The molecule has 0 bridgehead atoms. The first-order chi connectivity index (χ1) is 6.92. The molecule has 1 fully saturated rings. The molecule has 1 heterocycles. The van der Waals surface area contributed by atoms with E-state index in [0.29, 0.717) is 26.2 Å². The Morgan fingerprint density at radius 2 is 1.87 bits per heavy atom. The summed E-state index contributed by atoms with van der Waals surface area (Å²) in [5.41, 5.74) is 0. The van der Waals surface area contributed by atoms with Crippen molar-refractivity contribution in [3.63, 3.8) is 0 Å². The molecule has 0 saturated carbocycles. The summed E-state index contributed by atoms with van der Waals surface area (Å²) in [7, 11) is -4.70. The predicted molar refractivity (Wildman–Crippen MR) is 51.7 cm³/mol. The Hall–Kier alpha value is -0.860. The average molecular weight is 238 g/mol. The van der Waals surface area contributed by atoms with E-state index in [2.05, 4.69) is 9.08 Å². The maximum absolute atomic E-state index is 11.2. The van der Waals surface area contributed by atoms with Gasteiger partial charge in [0.05, 0.1) is 0 Å². The fourth-order valence-electron chi connectivity index (χ4n) is 1.39. The van der Waals surface area contributed by atoms with Crippen molar-refractivity contribution in [1.82, 2.24) is 9.80 Å². The molecule has 0 aromatic rings. The van der Waals surface area contributed by atoms with Crippen LogP contribution in [0.5, 0.6) is 0 Å². The predicted octanol–water partition coefficient (Wildman–Crippen LogP) is -0.437. The molecule has 0 unspecified atom stereocenters. The first kappa shape index (κ1) is 12.2. The molecule has 1 aliphatic rings. The van der Waals surface area contributed by atoms with Gasteiger partial charge in [-0.2, -0.15) is 8.42 Å². The maximum Gasteiger partial charge on any atom is 0.450 e. The van der Waals surface area contributed by atoms with E-state index in [1.165, 1.54) is 4.90 Å². The normalized spacial score (nSPS) is 18.9. The highest BCUT2D eigenvalue weighted by Crippen LogP contribution is 2.04. The van der Waals surface area contributed by atoms with Crippen LogP contribution in [0, 0.1) is 0 Å². The second-order valence-electron chi connectivity index (χ2n) is 3.20. The van der Waals surface area contributed by atoms with Crippen molar-refractivity contribution < 1.29 is 21.9 Å². The van der Waals surface area contributed by atoms with Gasteiger partial charge in [0.15, 0.2) is 0 Å². The Labute approximate surface area is 88.6 Å². The highest BCUT2D eigenvalue weighted by atomic mass is 32.3. The fraction of sp³-hybridized carbons (Fsp3) is 0.857. The number of carbonyl (C=O) groups excluding carboxylic acids is 1. The van der Waals surface area contributed by atoms with E-state index in [1.807, 2.05) is 6.92 Å². The monoisotopic (exact) mass is 238 g/mol. The van der Waals surface area contributed by atoms with E-state index < -0.39 is 16.5 Å². The van der Waals surface area contributed by atoms with E-state index in [-0.39, 0.29) is 0 Å². The molecular weight excluding hydrogens is 224 g/mol. The molecule has 1 N–H and O–H groups in total. The van der Waals surface area contributed by atoms with E-state index in [1.54, 1.807) is 0 Å². The molecule has 1 aliphatic heterocycles. The Bertz CT molecular complexity index is 320. The van der Waals surface area contributed by atoms with Crippen LogP contribution in [0.1, 0.15) is 6.92 Å². The van der Waals surface area contributed by atoms with Crippen molar-refractivity contribution in [2.24, 2.45) is 0 Å². The molecule has 88 valence electrons. The van der Waals surface area contributed by atoms with E-state index >= 15 is 0 Å². The summed E-state index contributed by atoms with van der Waals surface area (Å²) in [6, 6.07) is 0. The zero-order valence-electron chi connectivity index (χ0n) is 8.42. The van der Waals surface area contributed by atoms with E-state index in [9.17, 15) is 13.2 Å². The van der Waals surface area contributed by atoms with Gasteiger partial charge in [0.1, 0.15) is 0 Å². The maximum atomic E-state index is 11.2. The molecule has 7 nitrogen and oxygen atoms in total. The standard InChI is InChI=1S/C7H14N2O5S/c1-2-8-3-5-9(6-4-8)7(10)14-15(11,12)13/h2-6H2,1H3,(H,11,12,13). The van der Waals surface area contributed by atoms with Crippen LogP contribution in [0.2, 0.25) is 0 Å². The van der Waals surface area contributed by atoms with Gasteiger partial charge in [0.25, 0.3) is 0 Å². The van der Waals surface area contributed by atoms with Crippen LogP contribution in [-0.2, 0) is 14.6 Å². The first-order valence-electron chi connectivity index (χ1n) is 4.60. The second-order valence-corrected chi connectivity index (χ2v) is 4.22. The van der Waals surface area contributed by atoms with Gasteiger partial charge in [-0.05, 0) is 6.54 Å². The van der Waals surface area contributed by atoms with Gasteiger partial charge >= 0.3 is 16.5 Å². The average Bonchev–Trinajstić information content (AvgIpc) is 2.15. The third-order valence-electron chi connectivity index (χ3n) is 2.25. The van der Waals surface area contributed by atoms with Crippen LogP contribution in [0.4, 0.5) is 4.79 Å². The van der Waals surface area contributed by atoms with Crippen LogP contribution < -0.4 is 0 Å². The topological polar surface area (TPSA) is 87.2 Å². The number of rotatable bonds is 2. The smallest absolute Gasteiger partial charge is 0.306 e. The van der Waals surface area contributed by atoms with Crippen LogP contribution in [0.3, 0.4) is 0 Å². The summed E-state index contributed by atoms with van der Waals surface area (Å²) in [6.45, 7) is 5.06. The molecule has 0 aromatic heterocycles. The summed E-state index contributed by atoms with van der Waals surface area (Å²) < 4.78 is 32.7. The Morgan fingerprint density at radius 1 is 1.33 bits per heavy atom. The Kier molecular flexibility index (Phi) is 3.89. The lowest BCUT2D eigenvalue weighted by Crippen LogP contribution is -2.48. The SMILES string of the molecule is CCN1CCN(C(=O)OS(=O)(=O)O)CC1. The molecule has 1 amide bonds. The summed E-state index contributed by atoms with van der Waals surface area (Å²) in [4.78, 5) is 14.5. The molecule has 15 heavy (non-hydrogen) atoms. The molecule has 8 heteroatoms. The first-order valence-corrected chi connectivity index (χ1v) is 5.97. The van der Waals surface area contributed by atoms with Crippen molar-refractivity contribution >= 4 is 16.5 Å². The lowest BCUT2D eigenvalue weighted by molar-refractivity contribution is 0.111. The van der Waals surface area contributed by atoms with Crippen molar-refractivity contribution in [2.45, 2.75) is 6.92 Å². The van der Waals surface area contributed by atoms with Crippen LogP contribution in [0.15, 0.2) is 0 Å². The number of piperazine rings is 1. The fourth-order valence-corrected chi connectivity index (χ4v) is 1.68. The third-order valence-corrected chi connectivity index (χ3v) is 2.61. The number of carbonyl (C=O) groups is 1. The third kappa shape index (κ3) is 4.02. The zero-order valence-corrected chi connectivity index (χ0v) is 9.23. The van der Waals surface area contributed by atoms with Gasteiger partial charge in [-0.15, -0.1) is 0 Å². The second kappa shape index (κ2) is 4.77. The highest BCUT2D eigenvalue weighted by molar-refractivity contribution is 7.81. The van der Waals surface area contributed by atoms with Gasteiger partial charge in [-0.25, -0.2) is 4.79 Å². The van der Waals surface area contributed by atoms with Crippen LogP contribution in [0.25, 0.3) is 0 Å². The van der Waals surface area contributed by atoms with Gasteiger partial charge < -0.3 is 14.0 Å². The molecule has 0 aliphatic carbocycles. The van der Waals surface area contributed by atoms with Crippen molar-refractivity contribution in [3.8, 4) is 0 Å². The zero-order chi connectivity index (χ0) is 11.5. The minimum atomic E-state index is -4.70. The number of nitrogens with zero attached hydrogens (tertiary/aromatic N) is 2. The molecule has 0 radical (unpaired) electrons. The lowest BCUT2D eigenvalue weighted by Gasteiger charge is -2.32. The summed E-state index contributed by atoms with van der Waals surface area (Å²) in [5.74, 6) is 0. The van der Waals surface area contributed by atoms with Gasteiger partial charge in [-0.1, -0.05) is 6.92 Å². The quantitative estimate of drug-likeness (QED) is 0.656. The van der Waals surface area contributed by atoms with E-state index in [0.717, 1.165) is 6.54 Å².